The number of nitrogens with zero attached hydrogens (tertiary/aromatic N) is 2. The topological polar surface area (TPSA) is 34.9 Å². The summed E-state index contributed by atoms with van der Waals surface area (Å²) in [6.07, 6.45) is 1.33. The van der Waals surface area contributed by atoms with Crippen LogP contribution in [0.2, 0.25) is 5.02 Å². The van der Waals surface area contributed by atoms with E-state index in [-0.39, 0.29) is 5.56 Å². The molecule has 0 aliphatic carbocycles. The molecule has 0 unspecified atom stereocenters. The molecule has 0 fully saturated rings. The normalized spacial score (nSPS) is 10.7. The molecule has 0 aliphatic rings. The van der Waals surface area contributed by atoms with Crippen molar-refractivity contribution in [1.29, 1.82) is 0 Å². The van der Waals surface area contributed by atoms with Crippen LogP contribution in [0.1, 0.15) is 0 Å². The first-order valence-corrected chi connectivity index (χ1v) is 5.86. The summed E-state index contributed by atoms with van der Waals surface area (Å²) in [5.41, 5.74) is 2.19. The summed E-state index contributed by atoms with van der Waals surface area (Å²) in [6.45, 7) is 0. The van der Waals surface area contributed by atoms with Gasteiger partial charge in [-0.3, -0.25) is 9.36 Å². The van der Waals surface area contributed by atoms with Crippen LogP contribution in [-0.2, 0) is 0 Å². The fourth-order valence-electron chi connectivity index (χ4n) is 1.92. The molecule has 18 heavy (non-hydrogen) atoms. The average Bonchev–Trinajstić information content (AvgIpc) is 2.40. The monoisotopic (exact) mass is 256 g/mol. The van der Waals surface area contributed by atoms with Crippen molar-refractivity contribution in [2.24, 2.45) is 0 Å². The summed E-state index contributed by atoms with van der Waals surface area (Å²) in [6, 6.07) is 14.7. The van der Waals surface area contributed by atoms with Crippen molar-refractivity contribution >= 4 is 22.6 Å². The van der Waals surface area contributed by atoms with E-state index in [9.17, 15) is 4.79 Å². The summed E-state index contributed by atoms with van der Waals surface area (Å²) < 4.78 is 1.62. The smallest absolute Gasteiger partial charge is 0.274 e. The number of fused-ring (bicyclic) bond motifs is 1. The van der Waals surface area contributed by atoms with Gasteiger partial charge in [-0.25, -0.2) is 4.98 Å². The van der Waals surface area contributed by atoms with Crippen LogP contribution in [0.3, 0.4) is 0 Å². The zero-order chi connectivity index (χ0) is 12.5. The highest BCUT2D eigenvalue weighted by Crippen LogP contribution is 2.16. The summed E-state index contributed by atoms with van der Waals surface area (Å²) in [4.78, 5) is 16.1. The third kappa shape index (κ3) is 1.79. The Hall–Kier alpha value is -2.13. The molecule has 3 rings (SSSR count). The summed E-state index contributed by atoms with van der Waals surface area (Å²) >= 11 is 5.86. The standard InChI is InChI=1S/C14H9ClN2O/c15-10-5-7-11(8-6-10)17-13-4-2-1-3-12(13)16-9-14(17)18/h1-9H. The first-order valence-electron chi connectivity index (χ1n) is 5.48. The highest BCUT2D eigenvalue weighted by Gasteiger charge is 2.05. The first-order chi connectivity index (χ1) is 8.75. The Balaban J connectivity index is 2.37. The van der Waals surface area contributed by atoms with Crippen LogP contribution in [0.4, 0.5) is 0 Å². The zero-order valence-corrected chi connectivity index (χ0v) is 10.1. The number of benzene rings is 2. The Labute approximate surface area is 108 Å². The Kier molecular flexibility index (Phi) is 2.61. The number of hydrogen-bond donors (Lipinski definition) is 0. The van der Waals surface area contributed by atoms with Crippen molar-refractivity contribution in [2.75, 3.05) is 0 Å². The quantitative estimate of drug-likeness (QED) is 0.671. The molecule has 1 aromatic heterocycles. The maximum atomic E-state index is 12.0. The lowest BCUT2D eigenvalue weighted by Gasteiger charge is -2.09. The fourth-order valence-corrected chi connectivity index (χ4v) is 2.05. The summed E-state index contributed by atoms with van der Waals surface area (Å²) in [7, 11) is 0. The minimum Gasteiger partial charge on any atom is -0.274 e. The lowest BCUT2D eigenvalue weighted by atomic mass is 10.2. The van der Waals surface area contributed by atoms with Crippen LogP contribution in [-0.4, -0.2) is 9.55 Å². The lowest BCUT2D eigenvalue weighted by molar-refractivity contribution is 1.02. The van der Waals surface area contributed by atoms with E-state index < -0.39 is 0 Å². The predicted molar refractivity (Wildman–Crippen MR) is 72.4 cm³/mol. The van der Waals surface area contributed by atoms with Gasteiger partial charge in [0, 0.05) is 10.7 Å². The molecule has 3 nitrogen and oxygen atoms in total. The largest absolute Gasteiger partial charge is 0.274 e. The van der Waals surface area contributed by atoms with Gasteiger partial charge in [0.1, 0.15) is 0 Å². The molecule has 3 aromatic rings. The van der Waals surface area contributed by atoms with E-state index in [4.69, 9.17) is 11.6 Å². The minimum atomic E-state index is -0.156. The fraction of sp³-hybridized carbons (Fsp3) is 0. The predicted octanol–water partition coefficient (Wildman–Crippen LogP) is 3.04. The van der Waals surface area contributed by atoms with Crippen LogP contribution < -0.4 is 5.56 Å². The number of aromatic nitrogens is 2. The van der Waals surface area contributed by atoms with E-state index in [0.717, 1.165) is 16.7 Å². The average molecular weight is 257 g/mol. The highest BCUT2D eigenvalue weighted by molar-refractivity contribution is 6.30. The molecule has 0 atom stereocenters. The SMILES string of the molecule is O=c1cnc2ccccc2n1-c1ccc(Cl)cc1. The van der Waals surface area contributed by atoms with Gasteiger partial charge in [-0.1, -0.05) is 23.7 Å². The van der Waals surface area contributed by atoms with Gasteiger partial charge in [0.25, 0.3) is 5.56 Å². The van der Waals surface area contributed by atoms with Gasteiger partial charge in [-0.2, -0.15) is 0 Å². The van der Waals surface area contributed by atoms with E-state index in [1.54, 1.807) is 16.7 Å². The molecule has 0 spiro atoms. The molecule has 88 valence electrons. The van der Waals surface area contributed by atoms with Crippen LogP contribution in [0.5, 0.6) is 0 Å². The van der Waals surface area contributed by atoms with Crippen molar-refractivity contribution in [2.45, 2.75) is 0 Å². The second-order valence-corrected chi connectivity index (χ2v) is 4.33. The van der Waals surface area contributed by atoms with Gasteiger partial charge in [0.15, 0.2) is 0 Å². The minimum absolute atomic E-state index is 0.156. The van der Waals surface area contributed by atoms with Crippen molar-refractivity contribution in [1.82, 2.24) is 9.55 Å². The third-order valence-electron chi connectivity index (χ3n) is 2.74. The number of halogens is 1. The Morgan fingerprint density at radius 3 is 2.50 bits per heavy atom. The molecule has 0 amide bonds. The third-order valence-corrected chi connectivity index (χ3v) is 2.99. The van der Waals surface area contributed by atoms with Gasteiger partial charge in [0.2, 0.25) is 0 Å². The van der Waals surface area contributed by atoms with E-state index in [2.05, 4.69) is 4.98 Å². The molecule has 4 heteroatoms. The van der Waals surface area contributed by atoms with Gasteiger partial charge < -0.3 is 0 Å². The molecular formula is C14H9ClN2O. The molecular weight excluding hydrogens is 248 g/mol. The van der Waals surface area contributed by atoms with Crippen LogP contribution in [0.25, 0.3) is 16.7 Å². The van der Waals surface area contributed by atoms with Crippen LogP contribution in [0, 0.1) is 0 Å². The Morgan fingerprint density at radius 2 is 1.72 bits per heavy atom. The van der Waals surface area contributed by atoms with Crippen molar-refractivity contribution < 1.29 is 0 Å². The first kappa shape index (κ1) is 11.0. The number of rotatable bonds is 1. The lowest BCUT2D eigenvalue weighted by Crippen LogP contribution is -2.18. The second-order valence-electron chi connectivity index (χ2n) is 3.90. The molecule has 0 saturated carbocycles. The second kappa shape index (κ2) is 4.27. The van der Waals surface area contributed by atoms with E-state index in [1.165, 1.54) is 6.20 Å². The van der Waals surface area contributed by atoms with Crippen molar-refractivity contribution in [3.8, 4) is 5.69 Å². The molecule has 0 radical (unpaired) electrons. The van der Waals surface area contributed by atoms with Gasteiger partial charge in [0.05, 0.1) is 17.2 Å². The molecule has 2 aromatic carbocycles. The maximum absolute atomic E-state index is 12.0. The van der Waals surface area contributed by atoms with E-state index >= 15 is 0 Å². The Bertz CT molecular complexity index is 763. The maximum Gasteiger partial charge on any atom is 0.274 e. The van der Waals surface area contributed by atoms with E-state index in [0.29, 0.717) is 5.02 Å². The van der Waals surface area contributed by atoms with Gasteiger partial charge >= 0.3 is 0 Å². The highest BCUT2D eigenvalue weighted by atomic mass is 35.5. The Morgan fingerprint density at radius 1 is 1.00 bits per heavy atom. The molecule has 0 saturated heterocycles. The molecule has 0 N–H and O–H groups in total. The van der Waals surface area contributed by atoms with Crippen LogP contribution >= 0.6 is 11.6 Å². The number of hydrogen-bond acceptors (Lipinski definition) is 2. The molecule has 0 aliphatic heterocycles. The summed E-state index contributed by atoms with van der Waals surface area (Å²) in [5, 5.41) is 0.644. The van der Waals surface area contributed by atoms with Crippen LogP contribution in [0.15, 0.2) is 59.5 Å². The molecule has 0 bridgehead atoms. The van der Waals surface area contributed by atoms with E-state index in [1.807, 2.05) is 36.4 Å². The van der Waals surface area contributed by atoms with Gasteiger partial charge in [-0.15, -0.1) is 0 Å². The number of para-hydroxylation sites is 2. The molecule has 1 heterocycles. The summed E-state index contributed by atoms with van der Waals surface area (Å²) in [5.74, 6) is 0. The zero-order valence-electron chi connectivity index (χ0n) is 9.38. The van der Waals surface area contributed by atoms with Crippen molar-refractivity contribution in [3.05, 3.63) is 70.1 Å². The van der Waals surface area contributed by atoms with Crippen molar-refractivity contribution in [3.63, 3.8) is 0 Å². The van der Waals surface area contributed by atoms with Gasteiger partial charge in [-0.05, 0) is 36.4 Å².